The number of carbonyl (C=O) groups excluding carboxylic acids is 3. The van der Waals surface area contributed by atoms with E-state index in [9.17, 15) is 23.6 Å². The number of nitrogens with one attached hydrogen (secondary N) is 3. The highest BCUT2D eigenvalue weighted by Gasteiger charge is 2.31. The van der Waals surface area contributed by atoms with Crippen molar-refractivity contribution in [3.63, 3.8) is 0 Å². The molecule has 0 aliphatic heterocycles. The minimum Gasteiger partial charge on any atom is -0.481 e. The Hall–Kier alpha value is -3.23. The molecule has 0 fully saturated rings. The fraction of sp³-hybridized carbons (Fsp3) is 0.500. The van der Waals surface area contributed by atoms with Crippen molar-refractivity contribution < 1.29 is 28.7 Å². The zero-order valence-electron chi connectivity index (χ0n) is 19.6. The van der Waals surface area contributed by atoms with Gasteiger partial charge in [0.25, 0.3) is 5.91 Å². The fourth-order valence-electron chi connectivity index (χ4n) is 3.84. The number of Topliss-reactive ketones (excluding diaryl/α,β-unsaturated/α-hetero) is 1. The quantitative estimate of drug-likeness (QED) is 0.409. The molecule has 0 radical (unpaired) electrons. The number of hydrogen-bond acceptors (Lipinski definition) is 4. The molecule has 180 valence electrons. The van der Waals surface area contributed by atoms with Crippen LogP contribution < -0.4 is 10.6 Å². The highest BCUT2D eigenvalue weighted by Crippen LogP contribution is 2.28. The number of amides is 2. The third-order valence-electron chi connectivity index (χ3n) is 5.43. The summed E-state index contributed by atoms with van der Waals surface area (Å²) in [5.74, 6) is -3.71. The van der Waals surface area contributed by atoms with Gasteiger partial charge in [0.05, 0.1) is 6.42 Å². The van der Waals surface area contributed by atoms with Crippen molar-refractivity contribution in [3.05, 3.63) is 35.0 Å². The molecule has 33 heavy (non-hydrogen) atoms. The predicted octanol–water partition coefficient (Wildman–Crippen LogP) is 2.93. The van der Waals surface area contributed by atoms with E-state index in [0.717, 1.165) is 22.0 Å². The lowest BCUT2D eigenvalue weighted by Gasteiger charge is -2.24. The third-order valence-corrected chi connectivity index (χ3v) is 5.43. The number of carboxylic acids is 1. The van der Waals surface area contributed by atoms with Gasteiger partial charge in [-0.1, -0.05) is 39.8 Å². The van der Waals surface area contributed by atoms with E-state index in [2.05, 4.69) is 15.6 Å². The van der Waals surface area contributed by atoms with Crippen LogP contribution in [0.25, 0.3) is 10.9 Å². The lowest BCUT2D eigenvalue weighted by atomic mass is 9.96. The molecule has 0 bridgehead atoms. The Labute approximate surface area is 192 Å². The lowest BCUT2D eigenvalue weighted by Crippen LogP contribution is -2.54. The second-order valence-electron chi connectivity index (χ2n) is 9.03. The van der Waals surface area contributed by atoms with E-state index in [1.807, 2.05) is 39.0 Å². The number of halogens is 1. The Balaban J connectivity index is 2.34. The van der Waals surface area contributed by atoms with Crippen LogP contribution in [0.3, 0.4) is 0 Å². The van der Waals surface area contributed by atoms with Gasteiger partial charge in [-0.2, -0.15) is 0 Å². The molecule has 1 heterocycles. The second kappa shape index (κ2) is 11.1. The smallest absolute Gasteiger partial charge is 0.305 e. The van der Waals surface area contributed by atoms with E-state index < -0.39 is 48.7 Å². The van der Waals surface area contributed by atoms with Crippen molar-refractivity contribution in [1.82, 2.24) is 15.6 Å². The molecule has 2 aromatic rings. The normalized spacial score (nSPS) is 13.2. The third kappa shape index (κ3) is 6.40. The summed E-state index contributed by atoms with van der Waals surface area (Å²) in [5, 5.41) is 14.9. The summed E-state index contributed by atoms with van der Waals surface area (Å²) in [6, 6.07) is 3.18. The molecule has 0 spiro atoms. The van der Waals surface area contributed by atoms with E-state index >= 15 is 0 Å². The Morgan fingerprint density at radius 1 is 1.09 bits per heavy atom. The van der Waals surface area contributed by atoms with E-state index in [-0.39, 0.29) is 11.8 Å². The molecular weight excluding hydrogens is 429 g/mol. The molecule has 0 aliphatic rings. The van der Waals surface area contributed by atoms with Gasteiger partial charge in [0.2, 0.25) is 5.91 Å². The fourth-order valence-corrected chi connectivity index (χ4v) is 3.84. The van der Waals surface area contributed by atoms with Crippen LogP contribution in [0.4, 0.5) is 4.39 Å². The Kier molecular flexibility index (Phi) is 8.73. The van der Waals surface area contributed by atoms with Crippen LogP contribution in [0.5, 0.6) is 0 Å². The van der Waals surface area contributed by atoms with Crippen LogP contribution in [-0.4, -0.2) is 52.4 Å². The van der Waals surface area contributed by atoms with Crippen LogP contribution in [0.15, 0.2) is 18.2 Å². The van der Waals surface area contributed by atoms with Gasteiger partial charge in [-0.15, -0.1) is 0 Å². The molecule has 2 rings (SSSR count). The van der Waals surface area contributed by atoms with E-state index in [4.69, 9.17) is 5.11 Å². The van der Waals surface area contributed by atoms with Crippen LogP contribution in [-0.2, 0) is 20.8 Å². The van der Waals surface area contributed by atoms with Gasteiger partial charge in [0, 0.05) is 10.9 Å². The number of aliphatic carboxylic acids is 1. The monoisotopic (exact) mass is 461 g/mol. The molecule has 1 aromatic carbocycles. The summed E-state index contributed by atoms with van der Waals surface area (Å²) in [7, 11) is 0. The molecule has 0 saturated carbocycles. The highest BCUT2D eigenvalue weighted by molar-refractivity contribution is 6.04. The van der Waals surface area contributed by atoms with Crippen molar-refractivity contribution in [2.24, 2.45) is 11.8 Å². The maximum Gasteiger partial charge on any atom is 0.305 e. The number of aryl methyl sites for hydroxylation is 1. The number of rotatable bonds is 11. The zero-order chi connectivity index (χ0) is 24.9. The number of fused-ring (bicyclic) bond motifs is 1. The predicted molar refractivity (Wildman–Crippen MR) is 123 cm³/mol. The van der Waals surface area contributed by atoms with Crippen LogP contribution >= 0.6 is 0 Å². The van der Waals surface area contributed by atoms with Crippen molar-refractivity contribution in [2.75, 3.05) is 6.67 Å². The van der Waals surface area contributed by atoms with Crippen LogP contribution in [0, 0.1) is 18.8 Å². The van der Waals surface area contributed by atoms with E-state index in [0.29, 0.717) is 12.1 Å². The summed E-state index contributed by atoms with van der Waals surface area (Å²) in [6.07, 6.45) is -0.0923. The van der Waals surface area contributed by atoms with E-state index in [1.54, 1.807) is 13.8 Å². The first-order valence-corrected chi connectivity index (χ1v) is 11.0. The van der Waals surface area contributed by atoms with Crippen molar-refractivity contribution >= 4 is 34.5 Å². The highest BCUT2D eigenvalue weighted by atomic mass is 19.1. The summed E-state index contributed by atoms with van der Waals surface area (Å²) in [4.78, 5) is 52.0. The summed E-state index contributed by atoms with van der Waals surface area (Å²) in [6.45, 7) is 8.08. The summed E-state index contributed by atoms with van der Waals surface area (Å²) >= 11 is 0. The first kappa shape index (κ1) is 26.0. The average molecular weight is 462 g/mol. The maximum absolute atomic E-state index is 13.3. The first-order chi connectivity index (χ1) is 15.5. The van der Waals surface area contributed by atoms with Gasteiger partial charge in [-0.3, -0.25) is 19.2 Å². The van der Waals surface area contributed by atoms with Gasteiger partial charge >= 0.3 is 5.97 Å². The number of ketones is 1. The number of carbonyl (C=O) groups is 4. The van der Waals surface area contributed by atoms with Gasteiger partial charge in [0.15, 0.2) is 5.78 Å². The molecule has 8 nitrogen and oxygen atoms in total. The zero-order valence-corrected chi connectivity index (χ0v) is 19.6. The molecular formula is C24H32FN3O5. The minimum absolute atomic E-state index is 0.280. The molecule has 9 heteroatoms. The number of hydrogen-bond donors (Lipinski definition) is 4. The molecule has 1 aromatic heterocycles. The molecule has 1 unspecified atom stereocenters. The first-order valence-electron chi connectivity index (χ1n) is 11.0. The van der Waals surface area contributed by atoms with Crippen molar-refractivity contribution in [1.29, 1.82) is 0 Å². The molecule has 2 amide bonds. The summed E-state index contributed by atoms with van der Waals surface area (Å²) < 4.78 is 12.8. The second-order valence-corrected chi connectivity index (χ2v) is 9.03. The lowest BCUT2D eigenvalue weighted by molar-refractivity contribution is -0.140. The number of benzene rings is 1. The van der Waals surface area contributed by atoms with Crippen LogP contribution in [0.2, 0.25) is 0 Å². The average Bonchev–Trinajstić information content (AvgIpc) is 3.09. The largest absolute Gasteiger partial charge is 0.481 e. The Morgan fingerprint density at radius 3 is 2.30 bits per heavy atom. The van der Waals surface area contributed by atoms with Gasteiger partial charge in [-0.05, 0) is 42.4 Å². The van der Waals surface area contributed by atoms with Gasteiger partial charge < -0.3 is 20.7 Å². The SMILES string of the molecule is Cc1cccc2[nH]c(C(=O)N[C@H](C(=O)NC(CC(=O)O)C(=O)CF)C(C)C)c(CC(C)C)c12. The standard InChI is InChI=1S/C24H32FN3O5/c1-12(2)9-15-20-14(5)7-6-8-16(20)26-22(15)24(33)28-21(13(3)4)23(32)27-17(10-19(30)31)18(29)11-25/h6-8,12-13,17,21,26H,9-11H2,1-5H3,(H,27,32)(H,28,33)(H,30,31)/t17?,21-/m0/s1. The molecule has 2 atom stereocenters. The number of alkyl halides is 1. The van der Waals surface area contributed by atoms with Gasteiger partial charge in [-0.25, -0.2) is 4.39 Å². The minimum atomic E-state index is -1.51. The molecule has 0 aliphatic carbocycles. The summed E-state index contributed by atoms with van der Waals surface area (Å²) in [5.41, 5.74) is 3.05. The Bertz CT molecular complexity index is 1040. The topological polar surface area (TPSA) is 128 Å². The number of H-pyrrole nitrogens is 1. The van der Waals surface area contributed by atoms with E-state index in [1.165, 1.54) is 0 Å². The van der Waals surface area contributed by atoms with Crippen molar-refractivity contribution in [2.45, 2.75) is 59.5 Å². The molecule has 0 saturated heterocycles. The number of aromatic nitrogens is 1. The number of aromatic amines is 1. The Morgan fingerprint density at radius 2 is 1.76 bits per heavy atom. The maximum atomic E-state index is 13.3. The number of carboxylic acid groups (broad SMARTS) is 1. The van der Waals surface area contributed by atoms with Gasteiger partial charge in [0.1, 0.15) is 24.5 Å². The molecule has 4 N–H and O–H groups in total. The van der Waals surface area contributed by atoms with Crippen LogP contribution in [0.1, 0.15) is 55.7 Å². The van der Waals surface area contributed by atoms with Crippen molar-refractivity contribution in [3.8, 4) is 0 Å².